The van der Waals surface area contributed by atoms with E-state index in [0.717, 1.165) is 25.9 Å². The first-order chi connectivity index (χ1) is 10.7. The van der Waals surface area contributed by atoms with Crippen molar-refractivity contribution in [3.8, 4) is 0 Å². The van der Waals surface area contributed by atoms with Crippen molar-refractivity contribution in [1.82, 2.24) is 0 Å². The first kappa shape index (κ1) is 34.2. The van der Waals surface area contributed by atoms with Crippen LogP contribution < -0.4 is 0 Å². The number of hydrogen-bond donors (Lipinski definition) is 0. The summed E-state index contributed by atoms with van der Waals surface area (Å²) in [4.78, 5) is 15.5. The zero-order valence-electron chi connectivity index (χ0n) is 15.5. The van der Waals surface area contributed by atoms with Gasteiger partial charge in [0.25, 0.3) is 0 Å². The zero-order chi connectivity index (χ0) is 18.2. The molecule has 0 amide bonds. The van der Waals surface area contributed by atoms with E-state index in [2.05, 4.69) is 48.7 Å². The fourth-order valence-electron chi connectivity index (χ4n) is 1.54. The van der Waals surface area contributed by atoms with Gasteiger partial charge in [-0.1, -0.05) is 53.4 Å². The summed E-state index contributed by atoms with van der Waals surface area (Å²) in [6.45, 7) is 16.7. The Labute approximate surface area is 157 Å². The third-order valence-electron chi connectivity index (χ3n) is 2.48. The van der Waals surface area contributed by atoms with E-state index in [1.165, 1.54) is 12.8 Å². The molecule has 2 atom stereocenters. The van der Waals surface area contributed by atoms with Crippen LogP contribution in [0.2, 0.25) is 0 Å². The molecule has 0 aliphatic heterocycles. The predicted octanol–water partition coefficient (Wildman–Crippen LogP) is 4.47. The van der Waals surface area contributed by atoms with Gasteiger partial charge < -0.3 is 30.9 Å². The van der Waals surface area contributed by atoms with E-state index in [9.17, 15) is 0 Å². The maximum Gasteiger partial charge on any atom is 6.00 e. The van der Waals surface area contributed by atoms with Crippen molar-refractivity contribution in [1.29, 1.82) is 0 Å². The van der Waals surface area contributed by atoms with Crippen LogP contribution in [0.4, 0.5) is 0 Å². The Kier molecular flexibility index (Phi) is 56.2. The molecule has 2 unspecified atom stereocenters. The molecule has 0 saturated heterocycles. The second kappa shape index (κ2) is 37.8. The summed E-state index contributed by atoms with van der Waals surface area (Å²) in [6.07, 6.45) is 5.08. The molecule has 0 rings (SSSR count). The summed E-state index contributed by atoms with van der Waals surface area (Å²) >= 11 is 0. The average molecular weight is 416 g/mol. The van der Waals surface area contributed by atoms with Crippen LogP contribution in [-0.2, 0) is 29.1 Å². The minimum absolute atomic E-state index is 0. The van der Waals surface area contributed by atoms with Gasteiger partial charge in [0.05, 0.1) is 0 Å². The molecule has 0 radical (unpaired) electrons. The Morgan fingerprint density at radius 2 is 0.957 bits per heavy atom. The molecule has 0 aliphatic carbocycles. The topological polar surface area (TPSA) is 90.5 Å². The number of nitrogens with zero attached hydrogens (tertiary/aromatic N) is 4. The molecule has 0 aliphatic rings. The largest absolute Gasteiger partial charge is 6.00 e. The second-order valence-corrected chi connectivity index (χ2v) is 4.05. The predicted molar refractivity (Wildman–Crippen MR) is 97.3 cm³/mol. The van der Waals surface area contributed by atoms with Gasteiger partial charge in [-0.15, -0.1) is 0 Å². The molecule has 6 nitrogen and oxygen atoms in total. The molecule has 0 heterocycles. The molecule has 0 fully saturated rings. The molecule has 0 aromatic carbocycles. The normalized spacial score (nSPS) is 11.0. The van der Waals surface area contributed by atoms with Gasteiger partial charge in [-0.3, -0.25) is 13.6 Å². The number of hydrogen-bond acceptors (Lipinski definition) is 2. The third-order valence-corrected chi connectivity index (χ3v) is 2.48. The van der Waals surface area contributed by atoms with Gasteiger partial charge in [-0.25, -0.2) is 12.3 Å². The minimum Gasteiger partial charge on any atom is -0.681 e. The molecular formula is C16H34N4O2Ru. The Morgan fingerprint density at radius 3 is 1.09 bits per heavy atom. The molecule has 0 bridgehead atoms. The first-order valence-electron chi connectivity index (χ1n) is 7.68. The standard InChI is InChI=1S/2C7H16N2.2CHO.Ru/c2*1-4-6-7(8-3)9-5-2;2*1-2;/h2*7H,4-6H2,1-3H3;2*1H;/q2*-2;2*-1;+6. The van der Waals surface area contributed by atoms with Crippen LogP contribution in [-0.4, -0.2) is 53.1 Å². The van der Waals surface area contributed by atoms with Gasteiger partial charge in [0, 0.05) is 0 Å². The van der Waals surface area contributed by atoms with Crippen LogP contribution in [0.1, 0.15) is 53.4 Å². The van der Waals surface area contributed by atoms with Gasteiger partial charge in [0.1, 0.15) is 0 Å². The van der Waals surface area contributed by atoms with E-state index in [4.69, 9.17) is 9.59 Å². The van der Waals surface area contributed by atoms with E-state index in [-0.39, 0.29) is 31.8 Å². The zero-order valence-corrected chi connectivity index (χ0v) is 17.2. The van der Waals surface area contributed by atoms with Gasteiger partial charge in [0.15, 0.2) is 0 Å². The summed E-state index contributed by atoms with van der Waals surface area (Å²) < 4.78 is 0. The van der Waals surface area contributed by atoms with Crippen molar-refractivity contribution in [3.05, 3.63) is 21.3 Å². The molecule has 0 N–H and O–H groups in total. The van der Waals surface area contributed by atoms with Crippen molar-refractivity contribution >= 4 is 13.6 Å². The van der Waals surface area contributed by atoms with Crippen molar-refractivity contribution < 1.29 is 29.1 Å². The molecule has 0 aromatic rings. The van der Waals surface area contributed by atoms with Crippen molar-refractivity contribution in [2.75, 3.05) is 27.2 Å². The van der Waals surface area contributed by atoms with Crippen LogP contribution in [0.25, 0.3) is 21.3 Å². The van der Waals surface area contributed by atoms with Gasteiger partial charge in [0.2, 0.25) is 0 Å². The van der Waals surface area contributed by atoms with Crippen LogP contribution >= 0.6 is 0 Å². The molecule has 0 saturated carbocycles. The third kappa shape index (κ3) is 34.2. The summed E-state index contributed by atoms with van der Waals surface area (Å²) in [5.74, 6) is 0. The number of carbonyl (C=O) groups excluding carboxylic acids is 2. The van der Waals surface area contributed by atoms with Crippen LogP contribution in [0.15, 0.2) is 0 Å². The van der Waals surface area contributed by atoms with E-state index in [0.29, 0.717) is 0 Å². The Bertz CT molecular complexity index is 150. The smallest absolute Gasteiger partial charge is 0.681 e. The quantitative estimate of drug-likeness (QED) is 0.299. The Morgan fingerprint density at radius 1 is 0.696 bits per heavy atom. The average Bonchev–Trinajstić information content (AvgIpc) is 2.58. The molecule has 23 heavy (non-hydrogen) atoms. The second-order valence-electron chi connectivity index (χ2n) is 4.05. The van der Waals surface area contributed by atoms with Gasteiger partial charge in [-0.05, 0) is 0 Å². The molecular weight excluding hydrogens is 381 g/mol. The monoisotopic (exact) mass is 416 g/mol. The summed E-state index contributed by atoms with van der Waals surface area (Å²) in [5.41, 5.74) is 0. The fraction of sp³-hybridized carbons (Fsp3) is 0.875. The maximum atomic E-state index is 7.75. The van der Waals surface area contributed by atoms with E-state index in [1.807, 2.05) is 27.9 Å². The maximum absolute atomic E-state index is 7.75. The summed E-state index contributed by atoms with van der Waals surface area (Å²) in [7, 11) is 3.67. The first-order valence-corrected chi connectivity index (χ1v) is 7.68. The van der Waals surface area contributed by atoms with Crippen LogP contribution in [0.3, 0.4) is 0 Å². The van der Waals surface area contributed by atoms with Crippen molar-refractivity contribution in [2.24, 2.45) is 0 Å². The molecule has 7 heteroatoms. The number of rotatable bonds is 10. The SMILES string of the molecule is CCCC([N-]C)[N-]CC.CCCC([N-]C)[N-]CC.[CH-]=O.[CH-]=O.[Ru+6]. The molecule has 138 valence electrons. The molecule has 0 spiro atoms. The van der Waals surface area contributed by atoms with Crippen molar-refractivity contribution in [2.45, 2.75) is 65.7 Å². The molecule has 0 aromatic heterocycles. The Balaban J connectivity index is -0.0000000743. The minimum atomic E-state index is 0. The Hall–Kier alpha value is -0.197. The van der Waals surface area contributed by atoms with Crippen LogP contribution in [0, 0.1) is 0 Å². The van der Waals surface area contributed by atoms with E-state index < -0.39 is 0 Å². The van der Waals surface area contributed by atoms with Crippen LogP contribution in [0.5, 0.6) is 0 Å². The summed E-state index contributed by atoms with van der Waals surface area (Å²) in [5, 5.41) is 16.7. The fourth-order valence-corrected chi connectivity index (χ4v) is 1.54. The van der Waals surface area contributed by atoms with E-state index in [1.54, 1.807) is 0 Å². The van der Waals surface area contributed by atoms with Gasteiger partial charge in [-0.2, -0.15) is 27.2 Å². The summed E-state index contributed by atoms with van der Waals surface area (Å²) in [6, 6.07) is 0. The van der Waals surface area contributed by atoms with Gasteiger partial charge >= 0.3 is 19.5 Å². The van der Waals surface area contributed by atoms with Crippen molar-refractivity contribution in [3.63, 3.8) is 0 Å². The van der Waals surface area contributed by atoms with E-state index >= 15 is 0 Å².